The number of halogens is 1. The Balaban J connectivity index is 1.65. The summed E-state index contributed by atoms with van der Waals surface area (Å²) < 4.78 is 1.94. The van der Waals surface area contributed by atoms with Crippen molar-refractivity contribution >= 4 is 45.9 Å². The van der Waals surface area contributed by atoms with E-state index in [1.807, 2.05) is 35.8 Å². The van der Waals surface area contributed by atoms with E-state index in [2.05, 4.69) is 15.6 Å². The number of para-hydroxylation sites is 2. The standard InChI is InChI=1S/C24H18ClN5O3/c1-14-21(23(31)27-17-10-8-16(25)9-11-17)22(15-6-12-18(13-7-15)30(32)33)29-20-5-3-2-4-19(20)28-24(29)26-14/h2-13,22H,1H3,(H,26,28)(H,27,31). The van der Waals surface area contributed by atoms with E-state index in [-0.39, 0.29) is 11.6 Å². The summed E-state index contributed by atoms with van der Waals surface area (Å²) >= 11 is 5.97. The lowest BCUT2D eigenvalue weighted by molar-refractivity contribution is -0.384. The number of anilines is 2. The van der Waals surface area contributed by atoms with Gasteiger partial charge in [0.2, 0.25) is 5.95 Å². The summed E-state index contributed by atoms with van der Waals surface area (Å²) in [6.07, 6.45) is 0. The van der Waals surface area contributed by atoms with E-state index >= 15 is 0 Å². The molecule has 1 aliphatic heterocycles. The van der Waals surface area contributed by atoms with Crippen molar-refractivity contribution in [2.75, 3.05) is 10.6 Å². The van der Waals surface area contributed by atoms with Crippen LogP contribution in [0.1, 0.15) is 18.5 Å². The number of carbonyl (C=O) groups is 1. The second-order valence-electron chi connectivity index (χ2n) is 7.67. The van der Waals surface area contributed by atoms with Gasteiger partial charge in [0.15, 0.2) is 0 Å². The molecule has 0 saturated heterocycles. The average molecular weight is 460 g/mol. The summed E-state index contributed by atoms with van der Waals surface area (Å²) in [7, 11) is 0. The van der Waals surface area contributed by atoms with Crippen molar-refractivity contribution in [1.82, 2.24) is 9.55 Å². The smallest absolute Gasteiger partial charge is 0.269 e. The van der Waals surface area contributed by atoms with Gasteiger partial charge in [0.05, 0.1) is 27.6 Å². The van der Waals surface area contributed by atoms with Crippen LogP contribution in [0.4, 0.5) is 17.3 Å². The monoisotopic (exact) mass is 459 g/mol. The fraction of sp³-hybridized carbons (Fsp3) is 0.0833. The number of amides is 1. The molecule has 1 amide bonds. The lowest BCUT2D eigenvalue weighted by Crippen LogP contribution is -2.30. The van der Waals surface area contributed by atoms with Crippen LogP contribution in [-0.4, -0.2) is 20.4 Å². The van der Waals surface area contributed by atoms with E-state index in [4.69, 9.17) is 11.6 Å². The molecule has 164 valence electrons. The fourth-order valence-corrected chi connectivity index (χ4v) is 4.21. The van der Waals surface area contributed by atoms with Crippen LogP contribution < -0.4 is 10.6 Å². The number of imidazole rings is 1. The van der Waals surface area contributed by atoms with E-state index in [9.17, 15) is 14.9 Å². The highest BCUT2D eigenvalue weighted by atomic mass is 35.5. The van der Waals surface area contributed by atoms with Gasteiger partial charge in [-0.1, -0.05) is 23.7 Å². The number of nitro benzene ring substituents is 1. The molecule has 0 spiro atoms. The van der Waals surface area contributed by atoms with Crippen molar-refractivity contribution < 1.29 is 9.72 Å². The van der Waals surface area contributed by atoms with Crippen molar-refractivity contribution in [2.24, 2.45) is 0 Å². The average Bonchev–Trinajstić information content (AvgIpc) is 3.17. The Morgan fingerprint density at radius 1 is 1.09 bits per heavy atom. The largest absolute Gasteiger partial charge is 0.329 e. The summed E-state index contributed by atoms with van der Waals surface area (Å²) in [5.41, 5.74) is 4.06. The summed E-state index contributed by atoms with van der Waals surface area (Å²) in [5, 5.41) is 17.9. The Morgan fingerprint density at radius 3 is 2.48 bits per heavy atom. The molecule has 1 aliphatic rings. The maximum Gasteiger partial charge on any atom is 0.269 e. The maximum atomic E-state index is 13.5. The Labute approximate surface area is 193 Å². The number of non-ortho nitro benzene ring substituents is 1. The molecule has 0 fully saturated rings. The molecule has 1 atom stereocenters. The van der Waals surface area contributed by atoms with Crippen molar-refractivity contribution in [1.29, 1.82) is 0 Å². The van der Waals surface area contributed by atoms with Gasteiger partial charge in [-0.2, -0.15) is 0 Å². The first kappa shape index (κ1) is 20.7. The molecule has 0 bridgehead atoms. The van der Waals surface area contributed by atoms with Gasteiger partial charge >= 0.3 is 0 Å². The summed E-state index contributed by atoms with van der Waals surface area (Å²) in [4.78, 5) is 28.9. The van der Waals surface area contributed by atoms with Gasteiger partial charge in [-0.3, -0.25) is 19.5 Å². The number of fused-ring (bicyclic) bond motifs is 3. The first-order chi connectivity index (χ1) is 15.9. The molecule has 1 aromatic heterocycles. The van der Waals surface area contributed by atoms with Crippen molar-refractivity contribution in [3.8, 4) is 0 Å². The van der Waals surface area contributed by atoms with Crippen LogP contribution in [0.3, 0.4) is 0 Å². The number of hydrogen-bond donors (Lipinski definition) is 2. The number of rotatable bonds is 4. The first-order valence-corrected chi connectivity index (χ1v) is 10.6. The third-order valence-electron chi connectivity index (χ3n) is 5.60. The molecule has 5 rings (SSSR count). The van der Waals surface area contributed by atoms with Gasteiger partial charge in [-0.05, 0) is 61.0 Å². The number of benzene rings is 3. The summed E-state index contributed by atoms with van der Waals surface area (Å²) in [6, 6.07) is 20.2. The SMILES string of the molecule is CC1=C(C(=O)Nc2ccc(Cl)cc2)C(c2ccc([N+](=O)[O-])cc2)n2c(nc3ccccc32)N1. The zero-order chi connectivity index (χ0) is 23.1. The van der Waals surface area contributed by atoms with Crippen molar-refractivity contribution in [3.63, 3.8) is 0 Å². The van der Waals surface area contributed by atoms with Crippen LogP contribution in [0.15, 0.2) is 84.1 Å². The molecule has 33 heavy (non-hydrogen) atoms. The van der Waals surface area contributed by atoms with Crippen LogP contribution in [0.5, 0.6) is 0 Å². The van der Waals surface area contributed by atoms with E-state index in [1.54, 1.807) is 36.4 Å². The quantitative estimate of drug-likeness (QED) is 0.309. The topological polar surface area (TPSA) is 102 Å². The van der Waals surface area contributed by atoms with Crippen LogP contribution in [0.2, 0.25) is 5.02 Å². The molecule has 8 nitrogen and oxygen atoms in total. The fourth-order valence-electron chi connectivity index (χ4n) is 4.08. The van der Waals surface area contributed by atoms with Gasteiger partial charge < -0.3 is 10.6 Å². The number of aromatic nitrogens is 2. The molecule has 4 aromatic rings. The van der Waals surface area contributed by atoms with Crippen LogP contribution in [-0.2, 0) is 4.79 Å². The van der Waals surface area contributed by atoms with E-state index in [1.165, 1.54) is 12.1 Å². The highest BCUT2D eigenvalue weighted by Crippen LogP contribution is 2.39. The molecule has 0 aliphatic carbocycles. The van der Waals surface area contributed by atoms with Gasteiger partial charge in [-0.15, -0.1) is 0 Å². The molecular weight excluding hydrogens is 442 g/mol. The van der Waals surface area contributed by atoms with Gasteiger partial charge in [-0.25, -0.2) is 4.98 Å². The number of carbonyl (C=O) groups excluding carboxylic acids is 1. The molecule has 1 unspecified atom stereocenters. The maximum absolute atomic E-state index is 13.5. The third kappa shape index (κ3) is 3.70. The first-order valence-electron chi connectivity index (χ1n) is 10.2. The normalized spacial score (nSPS) is 15.2. The molecule has 3 aromatic carbocycles. The predicted molar refractivity (Wildman–Crippen MR) is 127 cm³/mol. The Morgan fingerprint density at radius 2 is 1.79 bits per heavy atom. The lowest BCUT2D eigenvalue weighted by Gasteiger charge is -2.30. The second-order valence-corrected chi connectivity index (χ2v) is 8.11. The van der Waals surface area contributed by atoms with E-state index in [0.29, 0.717) is 27.9 Å². The number of nitrogens with zero attached hydrogens (tertiary/aromatic N) is 3. The Hall–Kier alpha value is -4.17. The van der Waals surface area contributed by atoms with Gasteiger partial charge in [0, 0.05) is 28.5 Å². The van der Waals surface area contributed by atoms with Crippen molar-refractivity contribution in [3.05, 3.63) is 105 Å². The van der Waals surface area contributed by atoms with Crippen molar-refractivity contribution in [2.45, 2.75) is 13.0 Å². The number of nitro groups is 1. The molecule has 2 heterocycles. The van der Waals surface area contributed by atoms with Crippen LogP contribution >= 0.6 is 11.6 Å². The molecule has 2 N–H and O–H groups in total. The minimum atomic E-state index is -0.540. The van der Waals surface area contributed by atoms with Gasteiger partial charge in [0.1, 0.15) is 0 Å². The number of hydrogen-bond acceptors (Lipinski definition) is 5. The molecular formula is C24H18ClN5O3. The van der Waals surface area contributed by atoms with E-state index < -0.39 is 11.0 Å². The minimum absolute atomic E-state index is 0.0173. The minimum Gasteiger partial charge on any atom is -0.329 e. The second kappa shape index (κ2) is 8.07. The molecule has 9 heteroatoms. The van der Waals surface area contributed by atoms with Crippen LogP contribution in [0.25, 0.3) is 11.0 Å². The zero-order valence-electron chi connectivity index (χ0n) is 17.4. The summed E-state index contributed by atoms with van der Waals surface area (Å²) in [5.74, 6) is 0.300. The van der Waals surface area contributed by atoms with Gasteiger partial charge in [0.25, 0.3) is 11.6 Å². The number of allylic oxidation sites excluding steroid dienone is 1. The third-order valence-corrected chi connectivity index (χ3v) is 5.85. The van der Waals surface area contributed by atoms with Crippen LogP contribution in [0, 0.1) is 10.1 Å². The highest BCUT2D eigenvalue weighted by molar-refractivity contribution is 6.30. The number of nitrogens with one attached hydrogen (secondary N) is 2. The molecule has 0 saturated carbocycles. The Bertz CT molecular complexity index is 1430. The van der Waals surface area contributed by atoms with E-state index in [0.717, 1.165) is 16.6 Å². The predicted octanol–water partition coefficient (Wildman–Crippen LogP) is 5.53. The lowest BCUT2D eigenvalue weighted by atomic mass is 9.94. The zero-order valence-corrected chi connectivity index (χ0v) is 18.2. The summed E-state index contributed by atoms with van der Waals surface area (Å²) in [6.45, 7) is 1.82. The highest BCUT2D eigenvalue weighted by Gasteiger charge is 2.34. The molecule has 0 radical (unpaired) electrons. The Kier molecular flexibility index (Phi) is 5.07.